The summed E-state index contributed by atoms with van der Waals surface area (Å²) in [6.07, 6.45) is 0.972. The van der Waals surface area contributed by atoms with Crippen LogP contribution in [0.3, 0.4) is 0 Å². The van der Waals surface area contributed by atoms with Gasteiger partial charge in [0.1, 0.15) is 11.6 Å². The number of benzene rings is 2. The summed E-state index contributed by atoms with van der Waals surface area (Å²) in [4.78, 5) is 0. The number of halogens is 1. The molecule has 1 unspecified atom stereocenters. The first-order valence-corrected chi connectivity index (χ1v) is 6.50. The summed E-state index contributed by atoms with van der Waals surface area (Å²) in [5.74, 6) is 1.07. The molecule has 3 heteroatoms. The van der Waals surface area contributed by atoms with E-state index in [9.17, 15) is 4.39 Å². The molecule has 19 heavy (non-hydrogen) atoms. The quantitative estimate of drug-likeness (QED) is 0.895. The second kappa shape index (κ2) is 5.02. The maximum absolute atomic E-state index is 12.9. The molecule has 0 bridgehead atoms. The zero-order valence-electron chi connectivity index (χ0n) is 10.6. The molecule has 1 aliphatic rings. The number of fused-ring (bicyclic) bond motifs is 1. The average molecular weight is 257 g/mol. The highest BCUT2D eigenvalue weighted by molar-refractivity contribution is 5.66. The van der Waals surface area contributed by atoms with E-state index in [0.29, 0.717) is 19.1 Å². The normalized spacial score (nSPS) is 17.7. The molecule has 1 aliphatic heterocycles. The molecule has 2 aromatic carbocycles. The van der Waals surface area contributed by atoms with Crippen LogP contribution in [0.25, 0.3) is 11.1 Å². The summed E-state index contributed by atoms with van der Waals surface area (Å²) >= 11 is 0. The third-order valence-electron chi connectivity index (χ3n) is 3.64. The average Bonchev–Trinajstić information content (AvgIpc) is 2.47. The van der Waals surface area contributed by atoms with E-state index in [2.05, 4.69) is 6.07 Å². The zero-order valence-corrected chi connectivity index (χ0v) is 10.6. The molecule has 0 saturated carbocycles. The van der Waals surface area contributed by atoms with Crippen LogP contribution in [-0.4, -0.2) is 13.2 Å². The smallest absolute Gasteiger partial charge is 0.123 e. The highest BCUT2D eigenvalue weighted by Gasteiger charge is 2.20. The van der Waals surface area contributed by atoms with Crippen molar-refractivity contribution in [1.29, 1.82) is 0 Å². The molecule has 0 spiro atoms. The molecule has 2 N–H and O–H groups in total. The van der Waals surface area contributed by atoms with Gasteiger partial charge in [0, 0.05) is 5.92 Å². The Kier molecular flexibility index (Phi) is 3.22. The van der Waals surface area contributed by atoms with Crippen LogP contribution in [0.5, 0.6) is 5.75 Å². The Balaban J connectivity index is 1.99. The molecule has 0 fully saturated rings. The first-order valence-electron chi connectivity index (χ1n) is 6.50. The van der Waals surface area contributed by atoms with Crippen molar-refractivity contribution in [3.05, 3.63) is 53.8 Å². The Morgan fingerprint density at radius 2 is 1.84 bits per heavy atom. The van der Waals surface area contributed by atoms with Crippen LogP contribution in [0.15, 0.2) is 42.5 Å². The fourth-order valence-electron chi connectivity index (χ4n) is 2.53. The predicted molar refractivity (Wildman–Crippen MR) is 73.7 cm³/mol. The van der Waals surface area contributed by atoms with Crippen LogP contribution in [0.4, 0.5) is 4.39 Å². The summed E-state index contributed by atoms with van der Waals surface area (Å²) in [7, 11) is 0. The molecule has 2 nitrogen and oxygen atoms in total. The number of hydrogen-bond acceptors (Lipinski definition) is 2. The number of ether oxygens (including phenoxy) is 1. The van der Waals surface area contributed by atoms with E-state index in [1.165, 1.54) is 17.7 Å². The number of rotatable bonds is 2. The monoisotopic (exact) mass is 257 g/mol. The molecule has 1 atom stereocenters. The Bertz CT molecular complexity index is 580. The van der Waals surface area contributed by atoms with Crippen LogP contribution in [0, 0.1) is 5.82 Å². The number of hydrogen-bond donors (Lipinski definition) is 1. The lowest BCUT2D eigenvalue weighted by Gasteiger charge is -2.25. The Hall–Kier alpha value is -1.87. The van der Waals surface area contributed by atoms with Gasteiger partial charge in [-0.05, 0) is 47.9 Å². The number of nitrogens with two attached hydrogens (primary N) is 1. The molecule has 3 rings (SSSR count). The molecule has 0 aromatic heterocycles. The Morgan fingerprint density at radius 1 is 1.11 bits per heavy atom. The van der Waals surface area contributed by atoms with Gasteiger partial charge in [-0.2, -0.15) is 0 Å². The molecule has 0 amide bonds. The van der Waals surface area contributed by atoms with Gasteiger partial charge in [0.2, 0.25) is 0 Å². The van der Waals surface area contributed by atoms with Gasteiger partial charge in [-0.15, -0.1) is 0 Å². The van der Waals surface area contributed by atoms with Crippen molar-refractivity contribution in [1.82, 2.24) is 0 Å². The van der Waals surface area contributed by atoms with Gasteiger partial charge in [0.15, 0.2) is 0 Å². The lowest BCUT2D eigenvalue weighted by Crippen LogP contribution is -2.20. The molecule has 0 aliphatic carbocycles. The van der Waals surface area contributed by atoms with Crippen molar-refractivity contribution in [2.45, 2.75) is 12.3 Å². The fraction of sp³-hybridized carbons (Fsp3) is 0.250. The van der Waals surface area contributed by atoms with E-state index in [4.69, 9.17) is 10.5 Å². The molecule has 2 aromatic rings. The van der Waals surface area contributed by atoms with Crippen molar-refractivity contribution in [2.24, 2.45) is 5.73 Å². The van der Waals surface area contributed by atoms with Gasteiger partial charge in [-0.1, -0.05) is 24.3 Å². The van der Waals surface area contributed by atoms with Gasteiger partial charge in [0.25, 0.3) is 0 Å². The molecule has 1 heterocycles. The van der Waals surface area contributed by atoms with E-state index in [-0.39, 0.29) is 5.82 Å². The zero-order chi connectivity index (χ0) is 13.2. The SMILES string of the molecule is NCC1CCOc2cc(-c3ccc(F)cc3)ccc21. The second-order valence-electron chi connectivity index (χ2n) is 4.83. The molecule has 0 saturated heterocycles. The Morgan fingerprint density at radius 3 is 2.58 bits per heavy atom. The van der Waals surface area contributed by atoms with Gasteiger partial charge >= 0.3 is 0 Å². The van der Waals surface area contributed by atoms with Crippen molar-refractivity contribution in [3.63, 3.8) is 0 Å². The summed E-state index contributed by atoms with van der Waals surface area (Å²) < 4.78 is 18.6. The lowest BCUT2D eigenvalue weighted by molar-refractivity contribution is 0.269. The van der Waals surface area contributed by atoms with Gasteiger partial charge < -0.3 is 10.5 Å². The third-order valence-corrected chi connectivity index (χ3v) is 3.64. The summed E-state index contributed by atoms with van der Waals surface area (Å²) in [6, 6.07) is 12.6. The van der Waals surface area contributed by atoms with Crippen LogP contribution in [-0.2, 0) is 0 Å². The highest BCUT2D eigenvalue weighted by atomic mass is 19.1. The van der Waals surface area contributed by atoms with Crippen molar-refractivity contribution in [2.75, 3.05) is 13.2 Å². The first kappa shape index (κ1) is 12.2. The lowest BCUT2D eigenvalue weighted by atomic mass is 9.91. The first-order chi connectivity index (χ1) is 9.28. The minimum absolute atomic E-state index is 0.221. The molecular formula is C16H16FNO. The Labute approximate surface area is 112 Å². The van der Waals surface area contributed by atoms with E-state index >= 15 is 0 Å². The van der Waals surface area contributed by atoms with E-state index in [1.807, 2.05) is 12.1 Å². The highest BCUT2D eigenvalue weighted by Crippen LogP contribution is 2.36. The third kappa shape index (κ3) is 2.34. The van der Waals surface area contributed by atoms with Crippen LogP contribution < -0.4 is 10.5 Å². The molecule has 0 radical (unpaired) electrons. The summed E-state index contributed by atoms with van der Waals surface area (Å²) in [5.41, 5.74) is 8.99. The largest absolute Gasteiger partial charge is 0.493 e. The predicted octanol–water partition coefficient (Wildman–Crippen LogP) is 3.32. The van der Waals surface area contributed by atoms with Crippen LogP contribution in [0.1, 0.15) is 17.9 Å². The molecule has 98 valence electrons. The van der Waals surface area contributed by atoms with Gasteiger partial charge in [-0.25, -0.2) is 4.39 Å². The minimum Gasteiger partial charge on any atom is -0.493 e. The molecular weight excluding hydrogens is 241 g/mol. The maximum atomic E-state index is 12.9. The maximum Gasteiger partial charge on any atom is 0.123 e. The van der Waals surface area contributed by atoms with E-state index in [0.717, 1.165) is 23.3 Å². The van der Waals surface area contributed by atoms with Crippen molar-refractivity contribution >= 4 is 0 Å². The summed E-state index contributed by atoms with van der Waals surface area (Å²) in [5, 5.41) is 0. The van der Waals surface area contributed by atoms with Crippen molar-refractivity contribution in [3.8, 4) is 16.9 Å². The standard InChI is InChI=1S/C16H16FNO/c17-14-4-1-11(2-5-14)12-3-6-15-13(10-18)7-8-19-16(15)9-12/h1-6,9,13H,7-8,10,18H2. The fourth-order valence-corrected chi connectivity index (χ4v) is 2.53. The van der Waals surface area contributed by atoms with Crippen molar-refractivity contribution < 1.29 is 9.13 Å². The topological polar surface area (TPSA) is 35.2 Å². The second-order valence-corrected chi connectivity index (χ2v) is 4.83. The van der Waals surface area contributed by atoms with Gasteiger partial charge in [0.05, 0.1) is 6.61 Å². The van der Waals surface area contributed by atoms with E-state index < -0.39 is 0 Å². The minimum atomic E-state index is -0.221. The van der Waals surface area contributed by atoms with E-state index in [1.54, 1.807) is 12.1 Å². The summed E-state index contributed by atoms with van der Waals surface area (Å²) in [6.45, 7) is 1.36. The van der Waals surface area contributed by atoms with Crippen LogP contribution >= 0.6 is 0 Å². The van der Waals surface area contributed by atoms with Crippen LogP contribution in [0.2, 0.25) is 0 Å². The van der Waals surface area contributed by atoms with Gasteiger partial charge in [-0.3, -0.25) is 0 Å².